The average Bonchev–Trinajstić information content (AvgIpc) is 3.42. The Morgan fingerprint density at radius 3 is 1.24 bits per heavy atom. The number of nitrogens with zero attached hydrogens (tertiary/aromatic N) is 6. The maximum Gasteiger partial charge on any atom is 0.164 e. The summed E-state index contributed by atoms with van der Waals surface area (Å²) in [5.74, 6) is 3.92. The van der Waals surface area contributed by atoms with E-state index < -0.39 is 0 Å². The zero-order valence-electron chi connectivity index (χ0n) is 36.0. The smallest absolute Gasteiger partial charge is 0.164 e. The molecule has 0 radical (unpaired) electrons. The van der Waals surface area contributed by atoms with Crippen molar-refractivity contribution in [3.05, 3.63) is 248 Å². The van der Waals surface area contributed by atoms with Gasteiger partial charge in [-0.2, -0.15) is 0 Å². The predicted octanol–water partition coefficient (Wildman–Crippen LogP) is 14.5. The van der Waals surface area contributed by atoms with E-state index in [0.29, 0.717) is 34.9 Å². The Labute approximate surface area is 384 Å². The van der Waals surface area contributed by atoms with Gasteiger partial charge in [0.25, 0.3) is 0 Å². The van der Waals surface area contributed by atoms with E-state index in [1.165, 1.54) is 16.7 Å². The van der Waals surface area contributed by atoms with Crippen molar-refractivity contribution in [2.75, 3.05) is 0 Å². The molecular weight excluding hydrogens is 805 g/mol. The SMILES string of the molecule is C1=CC(c2cccc(-c3nc(-c4ccccc4)nc(-c4ccccc4)n3)c2)=CC(c2cccc(-c3nc(-c4ccccc4)nc(-c4ccccc4-c4ccc(-c5ccccc5)cc4)n3)c2)C1. The molecule has 66 heavy (non-hydrogen) atoms. The largest absolute Gasteiger partial charge is 0.208 e. The third kappa shape index (κ3) is 8.51. The summed E-state index contributed by atoms with van der Waals surface area (Å²) in [7, 11) is 0. The van der Waals surface area contributed by atoms with Crippen LogP contribution in [-0.4, -0.2) is 29.9 Å². The van der Waals surface area contributed by atoms with Crippen LogP contribution in [0, 0.1) is 0 Å². The number of allylic oxidation sites excluding steroid dienone is 4. The lowest BCUT2D eigenvalue weighted by atomic mass is 9.86. The summed E-state index contributed by atoms with van der Waals surface area (Å²) >= 11 is 0. The maximum atomic E-state index is 5.22. The summed E-state index contributed by atoms with van der Waals surface area (Å²) < 4.78 is 0. The highest BCUT2D eigenvalue weighted by Crippen LogP contribution is 2.37. The second-order valence-corrected chi connectivity index (χ2v) is 16.3. The van der Waals surface area contributed by atoms with Crippen LogP contribution in [0.3, 0.4) is 0 Å². The highest BCUT2D eigenvalue weighted by atomic mass is 15.0. The van der Waals surface area contributed by atoms with Gasteiger partial charge in [-0.05, 0) is 57.5 Å². The standard InChI is InChI=1S/C60H42N6/c1-5-18-41(19-6-1)42-34-36-43(37-35-42)53-32-13-14-33-54(53)60-65-57(46-24-11-4-12-25-46)64-59(66-60)52-31-17-29-50(40-52)48-27-15-26-47(38-48)49-28-16-30-51(39-49)58-62-55(44-20-7-2-8-21-44)61-56(63-58)45-22-9-3-10-23-45/h1-26,28-40,48H,27H2. The number of hydrogen-bond acceptors (Lipinski definition) is 6. The van der Waals surface area contributed by atoms with Gasteiger partial charge in [-0.25, -0.2) is 29.9 Å². The molecule has 10 aromatic rings. The van der Waals surface area contributed by atoms with Crippen molar-refractivity contribution in [2.45, 2.75) is 12.3 Å². The van der Waals surface area contributed by atoms with Crippen LogP contribution in [0.1, 0.15) is 23.5 Å². The number of benzene rings is 8. The van der Waals surface area contributed by atoms with Gasteiger partial charge in [-0.1, -0.05) is 224 Å². The van der Waals surface area contributed by atoms with Crippen molar-refractivity contribution in [3.63, 3.8) is 0 Å². The van der Waals surface area contributed by atoms with E-state index in [1.807, 2.05) is 91.0 Å². The van der Waals surface area contributed by atoms with E-state index in [4.69, 9.17) is 29.9 Å². The Morgan fingerprint density at radius 2 is 0.682 bits per heavy atom. The fraction of sp³-hybridized carbons (Fsp3) is 0.0333. The molecule has 2 heterocycles. The Bertz CT molecular complexity index is 3310. The second-order valence-electron chi connectivity index (χ2n) is 16.3. The van der Waals surface area contributed by atoms with Crippen LogP contribution in [-0.2, 0) is 0 Å². The predicted molar refractivity (Wildman–Crippen MR) is 268 cm³/mol. The van der Waals surface area contributed by atoms with Crippen molar-refractivity contribution in [1.82, 2.24) is 29.9 Å². The van der Waals surface area contributed by atoms with Crippen LogP contribution < -0.4 is 0 Å². The Balaban J connectivity index is 0.933. The summed E-state index contributed by atoms with van der Waals surface area (Å²) in [6.07, 6.45) is 7.72. The molecular formula is C60H42N6. The monoisotopic (exact) mass is 846 g/mol. The number of hydrogen-bond donors (Lipinski definition) is 0. The Kier molecular flexibility index (Phi) is 11.0. The Hall–Kier alpha value is -8.74. The number of aromatic nitrogens is 6. The quantitative estimate of drug-likeness (QED) is 0.136. The second kappa shape index (κ2) is 18.2. The molecule has 6 heteroatoms. The molecule has 312 valence electrons. The van der Waals surface area contributed by atoms with Crippen molar-refractivity contribution < 1.29 is 0 Å². The van der Waals surface area contributed by atoms with E-state index in [2.05, 4.69) is 146 Å². The normalized spacial score (nSPS) is 13.3. The first kappa shape index (κ1) is 40.1. The lowest BCUT2D eigenvalue weighted by molar-refractivity contribution is 0.857. The Morgan fingerprint density at radius 1 is 0.288 bits per heavy atom. The van der Waals surface area contributed by atoms with Gasteiger partial charge in [0, 0.05) is 39.3 Å². The summed E-state index contributed by atoms with van der Waals surface area (Å²) in [6, 6.07) is 75.0. The van der Waals surface area contributed by atoms with Crippen LogP contribution in [0.4, 0.5) is 0 Å². The molecule has 1 atom stereocenters. The summed E-state index contributed by atoms with van der Waals surface area (Å²) in [5.41, 5.74) is 13.5. The topological polar surface area (TPSA) is 77.3 Å². The minimum atomic E-state index is 0.134. The van der Waals surface area contributed by atoms with E-state index in [0.717, 1.165) is 62.1 Å². The molecule has 0 fully saturated rings. The minimum absolute atomic E-state index is 0.134. The van der Waals surface area contributed by atoms with Gasteiger partial charge in [0.05, 0.1) is 0 Å². The molecule has 2 aromatic heterocycles. The van der Waals surface area contributed by atoms with Gasteiger partial charge in [-0.3, -0.25) is 0 Å². The first-order valence-electron chi connectivity index (χ1n) is 22.2. The van der Waals surface area contributed by atoms with Crippen molar-refractivity contribution in [3.8, 4) is 90.6 Å². The maximum absolute atomic E-state index is 5.22. The van der Waals surface area contributed by atoms with Crippen molar-refractivity contribution in [1.29, 1.82) is 0 Å². The first-order valence-corrected chi connectivity index (χ1v) is 22.2. The van der Waals surface area contributed by atoms with Crippen LogP contribution in [0.15, 0.2) is 237 Å². The lowest BCUT2D eigenvalue weighted by Crippen LogP contribution is -2.03. The van der Waals surface area contributed by atoms with Gasteiger partial charge >= 0.3 is 0 Å². The highest BCUT2D eigenvalue weighted by molar-refractivity contribution is 5.83. The average molecular weight is 847 g/mol. The summed E-state index contributed by atoms with van der Waals surface area (Å²) in [6.45, 7) is 0. The van der Waals surface area contributed by atoms with Gasteiger partial charge in [-0.15, -0.1) is 0 Å². The molecule has 0 saturated heterocycles. The van der Waals surface area contributed by atoms with Crippen LogP contribution in [0.2, 0.25) is 0 Å². The fourth-order valence-electron chi connectivity index (χ4n) is 8.54. The third-order valence-electron chi connectivity index (χ3n) is 11.9. The molecule has 0 amide bonds. The van der Waals surface area contributed by atoms with Crippen LogP contribution in [0.5, 0.6) is 0 Å². The van der Waals surface area contributed by atoms with E-state index in [1.54, 1.807) is 0 Å². The van der Waals surface area contributed by atoms with E-state index in [9.17, 15) is 0 Å². The molecule has 1 aliphatic rings. The van der Waals surface area contributed by atoms with Gasteiger partial charge in [0.15, 0.2) is 34.9 Å². The van der Waals surface area contributed by atoms with Crippen molar-refractivity contribution >= 4 is 5.57 Å². The molecule has 0 aliphatic heterocycles. The first-order chi connectivity index (χ1) is 32.7. The molecule has 1 unspecified atom stereocenters. The molecule has 0 N–H and O–H groups in total. The molecule has 8 aromatic carbocycles. The van der Waals surface area contributed by atoms with Crippen LogP contribution >= 0.6 is 0 Å². The highest BCUT2D eigenvalue weighted by Gasteiger charge is 2.19. The molecule has 0 bridgehead atoms. The molecule has 6 nitrogen and oxygen atoms in total. The summed E-state index contributed by atoms with van der Waals surface area (Å²) in [5, 5.41) is 0. The molecule has 11 rings (SSSR count). The zero-order chi connectivity index (χ0) is 44.1. The number of rotatable bonds is 10. The summed E-state index contributed by atoms with van der Waals surface area (Å²) in [4.78, 5) is 30.3. The van der Waals surface area contributed by atoms with E-state index >= 15 is 0 Å². The minimum Gasteiger partial charge on any atom is -0.208 e. The van der Waals surface area contributed by atoms with Gasteiger partial charge in [0.1, 0.15) is 0 Å². The van der Waals surface area contributed by atoms with Gasteiger partial charge in [0.2, 0.25) is 0 Å². The van der Waals surface area contributed by atoms with E-state index in [-0.39, 0.29) is 5.92 Å². The van der Waals surface area contributed by atoms with Crippen LogP contribution in [0.25, 0.3) is 96.2 Å². The van der Waals surface area contributed by atoms with Crippen molar-refractivity contribution in [2.24, 2.45) is 0 Å². The molecule has 0 spiro atoms. The lowest BCUT2D eigenvalue weighted by Gasteiger charge is -2.19. The molecule has 1 aliphatic carbocycles. The third-order valence-corrected chi connectivity index (χ3v) is 11.9. The van der Waals surface area contributed by atoms with Gasteiger partial charge < -0.3 is 0 Å². The fourth-order valence-corrected chi connectivity index (χ4v) is 8.54. The zero-order valence-corrected chi connectivity index (χ0v) is 36.0. The molecule has 0 saturated carbocycles.